The van der Waals surface area contributed by atoms with Gasteiger partial charge < -0.3 is 15.1 Å². The molecule has 1 aromatic heterocycles. The van der Waals surface area contributed by atoms with Crippen LogP contribution < -0.4 is 5.32 Å². The van der Waals surface area contributed by atoms with E-state index in [0.29, 0.717) is 16.3 Å². The van der Waals surface area contributed by atoms with Gasteiger partial charge in [0.1, 0.15) is 0 Å². The summed E-state index contributed by atoms with van der Waals surface area (Å²) >= 11 is 1.33. The highest BCUT2D eigenvalue weighted by atomic mass is 32.1. The molecule has 2 heterocycles. The maximum absolute atomic E-state index is 12.8. The van der Waals surface area contributed by atoms with Crippen LogP contribution in [0.4, 0.5) is 5.13 Å². The van der Waals surface area contributed by atoms with Crippen molar-refractivity contribution < 1.29 is 14.4 Å². The van der Waals surface area contributed by atoms with Crippen molar-refractivity contribution in [3.8, 4) is 0 Å². The molecule has 31 heavy (non-hydrogen) atoms. The van der Waals surface area contributed by atoms with Crippen molar-refractivity contribution in [1.82, 2.24) is 14.8 Å². The van der Waals surface area contributed by atoms with Gasteiger partial charge in [-0.1, -0.05) is 41.7 Å². The highest BCUT2D eigenvalue weighted by Gasteiger charge is 2.21. The van der Waals surface area contributed by atoms with Crippen LogP contribution >= 0.6 is 11.3 Å². The van der Waals surface area contributed by atoms with Gasteiger partial charge in [0.15, 0.2) is 10.9 Å². The largest absolute Gasteiger partial charge is 0.336 e. The summed E-state index contributed by atoms with van der Waals surface area (Å²) in [5, 5.41) is 3.24. The van der Waals surface area contributed by atoms with Gasteiger partial charge in [0.25, 0.3) is 5.91 Å². The molecule has 4 rings (SSSR count). The summed E-state index contributed by atoms with van der Waals surface area (Å²) in [4.78, 5) is 45.7. The van der Waals surface area contributed by atoms with Gasteiger partial charge in [-0.25, -0.2) is 4.98 Å². The Bertz CT molecular complexity index is 1100. The number of aromatic nitrogens is 1. The number of Topliss-reactive ketones (excluding diaryl/α,β-unsaturated/α-hetero) is 1. The van der Waals surface area contributed by atoms with E-state index in [2.05, 4.69) is 22.2 Å². The molecule has 0 unspecified atom stereocenters. The molecule has 1 aliphatic rings. The highest BCUT2D eigenvalue weighted by molar-refractivity contribution is 7.22. The number of hydrogen-bond donors (Lipinski definition) is 1. The minimum absolute atomic E-state index is 0.0217. The molecule has 1 fully saturated rings. The highest BCUT2D eigenvalue weighted by Crippen LogP contribution is 2.27. The van der Waals surface area contributed by atoms with Gasteiger partial charge in [0, 0.05) is 50.1 Å². The zero-order valence-electron chi connectivity index (χ0n) is 17.3. The first kappa shape index (κ1) is 21.1. The Morgan fingerprint density at radius 2 is 1.71 bits per heavy atom. The van der Waals surface area contributed by atoms with Gasteiger partial charge in [-0.15, -0.1) is 0 Å². The number of amides is 2. The Kier molecular flexibility index (Phi) is 6.39. The molecule has 7 nitrogen and oxygen atoms in total. The van der Waals surface area contributed by atoms with E-state index < -0.39 is 0 Å². The quantitative estimate of drug-likeness (QED) is 0.600. The average Bonchev–Trinajstić information content (AvgIpc) is 3.19. The zero-order chi connectivity index (χ0) is 21.8. The Morgan fingerprint density at radius 1 is 0.968 bits per heavy atom. The molecule has 2 amide bonds. The monoisotopic (exact) mass is 436 g/mol. The molecule has 1 saturated heterocycles. The van der Waals surface area contributed by atoms with E-state index in [1.165, 1.54) is 11.3 Å². The lowest BCUT2D eigenvalue weighted by Crippen LogP contribution is -2.47. The average molecular weight is 437 g/mol. The normalized spacial score (nSPS) is 14.5. The first-order valence-electron chi connectivity index (χ1n) is 10.3. The SMILES string of the molecule is CN1CCN(C(=O)c2ccc3nc(NC(=O)CCC(=O)c4ccccc4)sc3c2)CC1. The minimum Gasteiger partial charge on any atom is -0.336 e. The third kappa shape index (κ3) is 5.15. The maximum atomic E-state index is 12.8. The number of thiazole rings is 1. The number of carbonyl (C=O) groups excluding carboxylic acids is 3. The fraction of sp³-hybridized carbons (Fsp3) is 0.304. The Hall–Kier alpha value is -3.10. The number of benzene rings is 2. The fourth-order valence-electron chi connectivity index (χ4n) is 3.48. The predicted molar refractivity (Wildman–Crippen MR) is 122 cm³/mol. The molecule has 1 aliphatic heterocycles. The summed E-state index contributed by atoms with van der Waals surface area (Å²) in [5.74, 6) is -0.294. The number of carbonyl (C=O) groups is 3. The number of anilines is 1. The van der Waals surface area contributed by atoms with Crippen LogP contribution in [0.2, 0.25) is 0 Å². The van der Waals surface area contributed by atoms with Crippen LogP contribution in [-0.4, -0.2) is 65.6 Å². The lowest BCUT2D eigenvalue weighted by molar-refractivity contribution is -0.116. The van der Waals surface area contributed by atoms with E-state index in [9.17, 15) is 14.4 Å². The third-order valence-corrected chi connectivity index (χ3v) is 6.28. The fourth-order valence-corrected chi connectivity index (χ4v) is 4.40. The Labute approximate surface area is 184 Å². The summed E-state index contributed by atoms with van der Waals surface area (Å²) in [6.45, 7) is 3.19. The second-order valence-electron chi connectivity index (χ2n) is 7.63. The van der Waals surface area contributed by atoms with Crippen molar-refractivity contribution in [2.24, 2.45) is 0 Å². The molecule has 0 radical (unpaired) electrons. The van der Waals surface area contributed by atoms with Crippen LogP contribution in [0.3, 0.4) is 0 Å². The summed E-state index contributed by atoms with van der Waals surface area (Å²) in [6.07, 6.45) is 0.237. The lowest BCUT2D eigenvalue weighted by Gasteiger charge is -2.32. The standard InChI is InChI=1S/C23H24N4O3S/c1-26-11-13-27(14-12-26)22(30)17-7-8-18-20(15-17)31-23(24-18)25-21(29)10-9-19(28)16-5-3-2-4-6-16/h2-8,15H,9-14H2,1H3,(H,24,25,29). The number of ketones is 1. The molecule has 0 atom stereocenters. The van der Waals surface area contributed by atoms with Crippen LogP contribution in [0, 0.1) is 0 Å². The van der Waals surface area contributed by atoms with Crippen molar-refractivity contribution in [2.75, 3.05) is 38.5 Å². The van der Waals surface area contributed by atoms with E-state index in [4.69, 9.17) is 0 Å². The van der Waals surface area contributed by atoms with Crippen molar-refractivity contribution in [3.63, 3.8) is 0 Å². The van der Waals surface area contributed by atoms with Gasteiger partial charge in [0.2, 0.25) is 5.91 Å². The summed E-state index contributed by atoms with van der Waals surface area (Å²) in [5.41, 5.74) is 1.97. The summed E-state index contributed by atoms with van der Waals surface area (Å²) in [6, 6.07) is 14.4. The number of rotatable bonds is 6. The number of nitrogens with zero attached hydrogens (tertiary/aromatic N) is 3. The number of piperazine rings is 1. The molecule has 0 spiro atoms. The first-order valence-corrected chi connectivity index (χ1v) is 11.1. The maximum Gasteiger partial charge on any atom is 0.253 e. The van der Waals surface area contributed by atoms with E-state index in [1.54, 1.807) is 30.3 Å². The van der Waals surface area contributed by atoms with E-state index >= 15 is 0 Å². The molecule has 0 aliphatic carbocycles. The van der Waals surface area contributed by atoms with Gasteiger partial charge in [-0.3, -0.25) is 14.4 Å². The van der Waals surface area contributed by atoms with Crippen LogP contribution in [0.1, 0.15) is 33.6 Å². The molecular weight excluding hydrogens is 412 g/mol. The van der Waals surface area contributed by atoms with Gasteiger partial charge in [-0.05, 0) is 25.2 Å². The molecule has 2 aromatic carbocycles. The second kappa shape index (κ2) is 9.36. The van der Waals surface area contributed by atoms with Gasteiger partial charge in [0.05, 0.1) is 10.2 Å². The van der Waals surface area contributed by atoms with E-state index in [-0.39, 0.29) is 30.4 Å². The van der Waals surface area contributed by atoms with Crippen LogP contribution in [-0.2, 0) is 4.79 Å². The van der Waals surface area contributed by atoms with Crippen LogP contribution in [0.15, 0.2) is 48.5 Å². The second-order valence-corrected chi connectivity index (χ2v) is 8.67. The molecule has 3 aromatic rings. The summed E-state index contributed by atoms with van der Waals surface area (Å²) in [7, 11) is 2.05. The lowest BCUT2D eigenvalue weighted by atomic mass is 10.1. The van der Waals surface area contributed by atoms with Crippen molar-refractivity contribution in [3.05, 3.63) is 59.7 Å². The smallest absolute Gasteiger partial charge is 0.253 e. The van der Waals surface area contributed by atoms with Gasteiger partial charge in [-0.2, -0.15) is 0 Å². The molecular formula is C23H24N4O3S. The first-order chi connectivity index (χ1) is 15.0. The number of likely N-dealkylation sites (N-methyl/N-ethyl adjacent to an activating group) is 1. The van der Waals surface area contributed by atoms with Crippen LogP contribution in [0.5, 0.6) is 0 Å². The number of nitrogens with one attached hydrogen (secondary N) is 1. The Balaban J connectivity index is 1.37. The zero-order valence-corrected chi connectivity index (χ0v) is 18.2. The van der Waals surface area contributed by atoms with E-state index in [1.807, 2.05) is 23.1 Å². The third-order valence-electron chi connectivity index (χ3n) is 5.35. The van der Waals surface area contributed by atoms with Crippen molar-refractivity contribution in [1.29, 1.82) is 0 Å². The van der Waals surface area contributed by atoms with Gasteiger partial charge >= 0.3 is 0 Å². The molecule has 1 N–H and O–H groups in total. The number of fused-ring (bicyclic) bond motifs is 1. The van der Waals surface area contributed by atoms with Crippen molar-refractivity contribution in [2.45, 2.75) is 12.8 Å². The number of hydrogen-bond acceptors (Lipinski definition) is 6. The topological polar surface area (TPSA) is 82.6 Å². The van der Waals surface area contributed by atoms with Crippen LogP contribution in [0.25, 0.3) is 10.2 Å². The Morgan fingerprint density at radius 3 is 2.45 bits per heavy atom. The van der Waals surface area contributed by atoms with E-state index in [0.717, 1.165) is 36.4 Å². The molecule has 160 valence electrons. The predicted octanol–water partition coefficient (Wildman–Crippen LogP) is 3.29. The van der Waals surface area contributed by atoms with Crippen molar-refractivity contribution >= 4 is 44.3 Å². The molecule has 0 saturated carbocycles. The summed E-state index contributed by atoms with van der Waals surface area (Å²) < 4.78 is 0.843. The molecule has 0 bridgehead atoms. The minimum atomic E-state index is -0.253. The molecule has 8 heteroatoms.